The van der Waals surface area contributed by atoms with Crippen LogP contribution < -0.4 is 5.73 Å². The smallest absolute Gasteiger partial charge is 0.172 e. The fraction of sp³-hybridized carbons (Fsp3) is 0.286. The van der Waals surface area contributed by atoms with E-state index >= 15 is 0 Å². The lowest BCUT2D eigenvalue weighted by Crippen LogP contribution is -2.15. The minimum absolute atomic E-state index is 0.0439. The number of oxime groups is 1. The van der Waals surface area contributed by atoms with Crippen LogP contribution >= 0.6 is 11.8 Å². The van der Waals surface area contributed by atoms with E-state index < -0.39 is 0 Å². The van der Waals surface area contributed by atoms with E-state index in [0.717, 1.165) is 21.6 Å². The molecule has 0 amide bonds. The van der Waals surface area contributed by atoms with Crippen molar-refractivity contribution in [3.05, 3.63) is 36.0 Å². The van der Waals surface area contributed by atoms with Gasteiger partial charge in [0.25, 0.3) is 0 Å². The van der Waals surface area contributed by atoms with E-state index in [1.165, 1.54) is 0 Å². The number of aliphatic hydroxyl groups excluding tert-OH is 1. The maximum absolute atomic E-state index is 9.14. The molecule has 0 aliphatic carbocycles. The van der Waals surface area contributed by atoms with E-state index in [-0.39, 0.29) is 18.4 Å². The lowest BCUT2D eigenvalue weighted by Gasteiger charge is -2.13. The molecular formula is C14H17N3O2S. The third-order valence-corrected chi connectivity index (χ3v) is 4.40. The Kier molecular flexibility index (Phi) is 4.81. The molecule has 6 heteroatoms. The van der Waals surface area contributed by atoms with Crippen LogP contribution in [-0.4, -0.2) is 33.5 Å². The molecule has 0 saturated heterocycles. The number of benzene rings is 1. The molecule has 1 aromatic carbocycles. The largest absolute Gasteiger partial charge is 0.409 e. The number of nitrogens with zero attached hydrogens (tertiary/aromatic N) is 2. The van der Waals surface area contributed by atoms with Crippen LogP contribution in [0.2, 0.25) is 0 Å². The van der Waals surface area contributed by atoms with Crippen LogP contribution in [0.3, 0.4) is 0 Å². The zero-order valence-corrected chi connectivity index (χ0v) is 12.0. The Morgan fingerprint density at radius 1 is 1.45 bits per heavy atom. The van der Waals surface area contributed by atoms with Gasteiger partial charge in [0.1, 0.15) is 0 Å². The summed E-state index contributed by atoms with van der Waals surface area (Å²) in [4.78, 5) is 5.25. The van der Waals surface area contributed by atoms with E-state index in [4.69, 9.17) is 16.0 Å². The molecule has 0 aliphatic heterocycles. The number of rotatable bonds is 5. The Balaban J connectivity index is 2.50. The molecule has 0 fully saturated rings. The van der Waals surface area contributed by atoms with Crippen molar-refractivity contribution in [1.29, 1.82) is 0 Å². The third kappa shape index (κ3) is 3.02. The van der Waals surface area contributed by atoms with Crippen LogP contribution in [0.4, 0.5) is 0 Å². The Morgan fingerprint density at radius 3 is 2.90 bits per heavy atom. The fourth-order valence-electron chi connectivity index (χ4n) is 1.79. The summed E-state index contributed by atoms with van der Waals surface area (Å²) in [6.45, 7) is 2.11. The van der Waals surface area contributed by atoms with Crippen LogP contribution in [0.1, 0.15) is 12.5 Å². The van der Waals surface area contributed by atoms with Crippen LogP contribution in [0.15, 0.2) is 40.5 Å². The number of amidine groups is 1. The van der Waals surface area contributed by atoms with Crippen molar-refractivity contribution in [2.24, 2.45) is 16.8 Å². The topological polar surface area (TPSA) is 91.7 Å². The molecule has 0 saturated carbocycles. The lowest BCUT2D eigenvalue weighted by atomic mass is 10.1. The maximum Gasteiger partial charge on any atom is 0.172 e. The van der Waals surface area contributed by atoms with Crippen LogP contribution in [-0.2, 0) is 0 Å². The molecule has 0 radical (unpaired) electrons. The Labute approximate surface area is 121 Å². The van der Waals surface area contributed by atoms with Gasteiger partial charge in [0, 0.05) is 28.8 Å². The average Bonchev–Trinajstić information content (AvgIpc) is 2.51. The van der Waals surface area contributed by atoms with Gasteiger partial charge in [0.2, 0.25) is 0 Å². The number of hydrogen-bond donors (Lipinski definition) is 3. The molecule has 106 valence electrons. The monoisotopic (exact) mass is 291 g/mol. The summed E-state index contributed by atoms with van der Waals surface area (Å²) in [6, 6.07) is 7.73. The fourth-order valence-corrected chi connectivity index (χ4v) is 2.98. The second-order valence-corrected chi connectivity index (χ2v) is 5.63. The van der Waals surface area contributed by atoms with Gasteiger partial charge in [0.15, 0.2) is 5.84 Å². The Morgan fingerprint density at radius 2 is 2.20 bits per heavy atom. The molecule has 1 unspecified atom stereocenters. The molecule has 5 nitrogen and oxygen atoms in total. The number of fused-ring (bicyclic) bond motifs is 1. The van der Waals surface area contributed by atoms with Crippen LogP contribution in [0.25, 0.3) is 10.9 Å². The van der Waals surface area contributed by atoms with E-state index in [9.17, 15) is 0 Å². The van der Waals surface area contributed by atoms with Gasteiger partial charge in [-0.05, 0) is 12.0 Å². The summed E-state index contributed by atoms with van der Waals surface area (Å²) in [7, 11) is 0. The van der Waals surface area contributed by atoms with Gasteiger partial charge in [-0.25, -0.2) is 0 Å². The normalized spacial score (nSPS) is 13.6. The summed E-state index contributed by atoms with van der Waals surface area (Å²) in [6.07, 6.45) is 1.61. The van der Waals surface area contributed by atoms with E-state index in [1.807, 2.05) is 31.2 Å². The van der Waals surface area contributed by atoms with Gasteiger partial charge in [-0.2, -0.15) is 0 Å². The Bertz CT molecular complexity index is 631. The highest BCUT2D eigenvalue weighted by molar-refractivity contribution is 7.99. The first kappa shape index (κ1) is 14.6. The number of thioether (sulfide) groups is 1. The van der Waals surface area contributed by atoms with E-state index in [1.54, 1.807) is 18.0 Å². The van der Waals surface area contributed by atoms with Crippen molar-refractivity contribution >= 4 is 28.5 Å². The third-order valence-electron chi connectivity index (χ3n) is 2.93. The quantitative estimate of drug-likeness (QED) is 0.258. The number of pyridine rings is 1. The maximum atomic E-state index is 9.14. The van der Waals surface area contributed by atoms with Crippen molar-refractivity contribution in [2.45, 2.75) is 11.8 Å². The average molecular weight is 291 g/mol. The lowest BCUT2D eigenvalue weighted by molar-refractivity contribution is 0.250. The SMILES string of the molecule is CC(CO)CSc1c(C(N)=NO)cnc2ccccc12. The summed E-state index contributed by atoms with van der Waals surface area (Å²) in [5, 5.41) is 22.1. The summed E-state index contributed by atoms with van der Waals surface area (Å²) < 4.78 is 0. The zero-order chi connectivity index (χ0) is 14.5. The van der Waals surface area contributed by atoms with Gasteiger partial charge in [-0.15, -0.1) is 11.8 Å². The molecule has 2 aromatic rings. The van der Waals surface area contributed by atoms with E-state index in [0.29, 0.717) is 5.56 Å². The van der Waals surface area contributed by atoms with Crippen molar-refractivity contribution in [3.63, 3.8) is 0 Å². The molecule has 1 heterocycles. The molecule has 20 heavy (non-hydrogen) atoms. The highest BCUT2D eigenvalue weighted by atomic mass is 32.2. The van der Waals surface area contributed by atoms with Crippen LogP contribution in [0.5, 0.6) is 0 Å². The van der Waals surface area contributed by atoms with E-state index in [2.05, 4.69) is 10.1 Å². The minimum atomic E-state index is 0.0439. The number of para-hydroxylation sites is 1. The molecule has 2 rings (SSSR count). The highest BCUT2D eigenvalue weighted by Gasteiger charge is 2.14. The zero-order valence-electron chi connectivity index (χ0n) is 11.2. The number of aliphatic hydroxyl groups is 1. The predicted octanol–water partition coefficient (Wildman–Crippen LogP) is 2.05. The standard InChI is InChI=1S/C14H17N3O2S/c1-9(7-18)8-20-13-10-4-2-3-5-12(10)16-6-11(13)14(15)17-19/h2-6,9,18-19H,7-8H2,1H3,(H2,15,17). The summed E-state index contributed by atoms with van der Waals surface area (Å²) >= 11 is 1.58. The second-order valence-electron chi connectivity index (χ2n) is 4.60. The summed E-state index contributed by atoms with van der Waals surface area (Å²) in [5.41, 5.74) is 7.20. The number of hydrogen-bond acceptors (Lipinski definition) is 5. The summed E-state index contributed by atoms with van der Waals surface area (Å²) in [5.74, 6) is 0.963. The first-order valence-electron chi connectivity index (χ1n) is 6.26. The Hall–Kier alpha value is -1.79. The van der Waals surface area contributed by atoms with Crippen LogP contribution in [0, 0.1) is 5.92 Å². The first-order valence-corrected chi connectivity index (χ1v) is 7.25. The molecule has 4 N–H and O–H groups in total. The predicted molar refractivity (Wildman–Crippen MR) is 81.2 cm³/mol. The minimum Gasteiger partial charge on any atom is -0.409 e. The van der Waals surface area contributed by atoms with Gasteiger partial charge in [-0.1, -0.05) is 30.3 Å². The molecule has 0 bridgehead atoms. The highest BCUT2D eigenvalue weighted by Crippen LogP contribution is 2.31. The molecule has 0 spiro atoms. The van der Waals surface area contributed by atoms with Crippen molar-refractivity contribution in [3.8, 4) is 0 Å². The van der Waals surface area contributed by atoms with Crippen molar-refractivity contribution < 1.29 is 10.3 Å². The van der Waals surface area contributed by atoms with Gasteiger partial charge < -0.3 is 16.0 Å². The number of aromatic nitrogens is 1. The number of nitrogens with two attached hydrogens (primary N) is 1. The molecule has 0 aliphatic rings. The molecule has 1 atom stereocenters. The first-order chi connectivity index (χ1) is 9.67. The van der Waals surface area contributed by atoms with Gasteiger partial charge in [-0.3, -0.25) is 4.98 Å². The molecular weight excluding hydrogens is 274 g/mol. The van der Waals surface area contributed by atoms with Crippen molar-refractivity contribution in [2.75, 3.05) is 12.4 Å². The molecule has 1 aromatic heterocycles. The second kappa shape index (κ2) is 6.58. The van der Waals surface area contributed by atoms with Gasteiger partial charge in [0.05, 0.1) is 11.1 Å². The van der Waals surface area contributed by atoms with Gasteiger partial charge >= 0.3 is 0 Å². The van der Waals surface area contributed by atoms with Crippen molar-refractivity contribution in [1.82, 2.24) is 4.98 Å².